The Morgan fingerprint density at radius 1 is 0.848 bits per heavy atom. The number of benzene rings is 3. The summed E-state index contributed by atoms with van der Waals surface area (Å²) in [5.41, 5.74) is 2.85. The Labute approximate surface area is 196 Å². The van der Waals surface area contributed by atoms with Gasteiger partial charge in [-0.1, -0.05) is 74.5 Å². The zero-order valence-electron chi connectivity index (χ0n) is 19.1. The molecule has 0 saturated carbocycles. The van der Waals surface area contributed by atoms with Crippen LogP contribution in [0.3, 0.4) is 0 Å². The Morgan fingerprint density at radius 3 is 2.00 bits per heavy atom. The van der Waals surface area contributed by atoms with E-state index in [1.807, 2.05) is 62.4 Å². The second-order valence-corrected chi connectivity index (χ2v) is 9.63. The summed E-state index contributed by atoms with van der Waals surface area (Å²) in [6, 6.07) is 26.5. The van der Waals surface area contributed by atoms with E-state index in [2.05, 4.69) is 22.8 Å². The highest BCUT2D eigenvalue weighted by atomic mass is 32.2. The van der Waals surface area contributed by atoms with Gasteiger partial charge in [0.05, 0.1) is 11.4 Å². The predicted octanol–water partition coefficient (Wildman–Crippen LogP) is 4.23. The van der Waals surface area contributed by atoms with Gasteiger partial charge >= 0.3 is 0 Å². The molecule has 7 heteroatoms. The van der Waals surface area contributed by atoms with Crippen molar-refractivity contribution in [1.29, 1.82) is 0 Å². The molecule has 3 aromatic carbocycles. The van der Waals surface area contributed by atoms with Crippen molar-refractivity contribution in [3.63, 3.8) is 0 Å². The average Bonchev–Trinajstić information content (AvgIpc) is 2.84. The summed E-state index contributed by atoms with van der Waals surface area (Å²) < 4.78 is 26.6. The average molecular weight is 466 g/mol. The van der Waals surface area contributed by atoms with Gasteiger partial charge in [0.25, 0.3) is 0 Å². The maximum absolute atomic E-state index is 12.6. The molecule has 3 rings (SSSR count). The van der Waals surface area contributed by atoms with E-state index in [-0.39, 0.29) is 23.4 Å². The van der Waals surface area contributed by atoms with Crippen molar-refractivity contribution in [2.75, 3.05) is 25.0 Å². The molecule has 1 atom stereocenters. The highest BCUT2D eigenvalue weighted by molar-refractivity contribution is 7.89. The van der Waals surface area contributed by atoms with Crippen LogP contribution in [0.25, 0.3) is 0 Å². The van der Waals surface area contributed by atoms with E-state index < -0.39 is 10.0 Å². The summed E-state index contributed by atoms with van der Waals surface area (Å²) in [5.74, 6) is -0.191. The van der Waals surface area contributed by atoms with Crippen molar-refractivity contribution in [1.82, 2.24) is 9.62 Å². The van der Waals surface area contributed by atoms with E-state index in [4.69, 9.17) is 0 Å². The smallest absolute Gasteiger partial charge is 0.243 e. The Hall–Kier alpha value is -3.00. The molecule has 3 aromatic rings. The summed E-state index contributed by atoms with van der Waals surface area (Å²) in [7, 11) is -3.52. The number of nitrogens with one attached hydrogen (secondary N) is 2. The quantitative estimate of drug-likeness (QED) is 0.444. The summed E-state index contributed by atoms with van der Waals surface area (Å²) in [6.07, 6.45) is 0.760. The first-order valence-electron chi connectivity index (χ1n) is 11.2. The lowest BCUT2D eigenvalue weighted by molar-refractivity contribution is -0.115. The first kappa shape index (κ1) is 24.6. The molecule has 6 nitrogen and oxygen atoms in total. The van der Waals surface area contributed by atoms with Crippen LogP contribution in [0, 0.1) is 0 Å². The lowest BCUT2D eigenvalue weighted by Gasteiger charge is -2.20. The first-order chi connectivity index (χ1) is 15.9. The maximum Gasteiger partial charge on any atom is 0.243 e. The molecule has 0 radical (unpaired) electrons. The van der Waals surface area contributed by atoms with Gasteiger partial charge in [-0.2, -0.15) is 4.31 Å². The van der Waals surface area contributed by atoms with Gasteiger partial charge in [-0.25, -0.2) is 8.42 Å². The van der Waals surface area contributed by atoms with Crippen LogP contribution in [0.2, 0.25) is 0 Å². The Kier molecular flexibility index (Phi) is 8.77. The molecule has 0 bridgehead atoms. The highest BCUT2D eigenvalue weighted by Crippen LogP contribution is 2.20. The molecule has 1 amide bonds. The third-order valence-corrected chi connectivity index (χ3v) is 7.54. The van der Waals surface area contributed by atoms with E-state index in [1.54, 1.807) is 12.1 Å². The molecule has 0 heterocycles. The normalized spacial score (nSPS) is 12.5. The number of rotatable bonds is 11. The van der Waals surface area contributed by atoms with Crippen LogP contribution in [-0.2, 0) is 21.2 Å². The summed E-state index contributed by atoms with van der Waals surface area (Å²) >= 11 is 0. The summed E-state index contributed by atoms with van der Waals surface area (Å²) in [5, 5.41) is 6.19. The number of carbonyl (C=O) groups is 1. The molecule has 0 fully saturated rings. The van der Waals surface area contributed by atoms with Gasteiger partial charge in [0.1, 0.15) is 0 Å². The molecule has 0 aliphatic heterocycles. The summed E-state index contributed by atoms with van der Waals surface area (Å²) in [6.45, 7) is 4.57. The second kappa shape index (κ2) is 11.7. The molecule has 0 aliphatic carbocycles. The third kappa shape index (κ3) is 6.74. The molecule has 174 valence electrons. The van der Waals surface area contributed by atoms with Gasteiger partial charge < -0.3 is 10.6 Å². The largest absolute Gasteiger partial charge is 0.325 e. The van der Waals surface area contributed by atoms with Crippen molar-refractivity contribution < 1.29 is 13.2 Å². The lowest BCUT2D eigenvalue weighted by atomic mass is 9.99. The standard InChI is InChI=1S/C26H31N3O3S/c1-3-29(4-2)33(31,32)24-17-15-23(16-18-24)28-26(30)20-27-25(22-13-9-6-10-14-22)19-21-11-7-5-8-12-21/h5-18,25,27H,3-4,19-20H2,1-2H3,(H,28,30). The zero-order valence-corrected chi connectivity index (χ0v) is 19.9. The molecule has 0 saturated heterocycles. The number of anilines is 1. The molecular formula is C26H31N3O3S. The van der Waals surface area contributed by atoms with Gasteiger partial charge in [-0.05, 0) is 41.8 Å². The van der Waals surface area contributed by atoms with Crippen LogP contribution in [0.5, 0.6) is 0 Å². The number of hydrogen-bond acceptors (Lipinski definition) is 4. The van der Waals surface area contributed by atoms with Crippen LogP contribution in [0.15, 0.2) is 89.8 Å². The molecule has 0 aromatic heterocycles. The lowest BCUT2D eigenvalue weighted by Crippen LogP contribution is -2.32. The Balaban J connectivity index is 1.63. The zero-order chi connectivity index (χ0) is 23.7. The van der Waals surface area contributed by atoms with Crippen LogP contribution in [0.4, 0.5) is 5.69 Å². The minimum Gasteiger partial charge on any atom is -0.325 e. The topological polar surface area (TPSA) is 78.5 Å². The minimum atomic E-state index is -3.52. The fraction of sp³-hybridized carbons (Fsp3) is 0.269. The molecule has 0 spiro atoms. The minimum absolute atomic E-state index is 0.0130. The van der Waals surface area contributed by atoms with Crippen LogP contribution >= 0.6 is 0 Å². The number of hydrogen-bond donors (Lipinski definition) is 2. The van der Waals surface area contributed by atoms with Crippen LogP contribution < -0.4 is 10.6 Å². The number of nitrogens with zero attached hydrogens (tertiary/aromatic N) is 1. The molecule has 0 aliphatic rings. The SMILES string of the molecule is CCN(CC)S(=O)(=O)c1ccc(NC(=O)CNC(Cc2ccccc2)c2ccccc2)cc1. The van der Waals surface area contributed by atoms with Gasteiger partial charge in [0, 0.05) is 24.8 Å². The molecule has 33 heavy (non-hydrogen) atoms. The number of sulfonamides is 1. The van der Waals surface area contributed by atoms with Crippen molar-refractivity contribution >= 4 is 21.6 Å². The van der Waals surface area contributed by atoms with Crippen molar-refractivity contribution in [2.45, 2.75) is 31.2 Å². The van der Waals surface area contributed by atoms with Crippen LogP contribution in [0.1, 0.15) is 31.0 Å². The molecule has 2 N–H and O–H groups in total. The number of carbonyl (C=O) groups excluding carboxylic acids is 1. The Morgan fingerprint density at radius 2 is 1.42 bits per heavy atom. The van der Waals surface area contributed by atoms with Gasteiger partial charge in [-0.15, -0.1) is 0 Å². The van der Waals surface area contributed by atoms with Crippen molar-refractivity contribution in [3.8, 4) is 0 Å². The summed E-state index contributed by atoms with van der Waals surface area (Å²) in [4.78, 5) is 12.8. The van der Waals surface area contributed by atoms with Gasteiger partial charge in [0.2, 0.25) is 15.9 Å². The third-order valence-electron chi connectivity index (χ3n) is 5.47. The predicted molar refractivity (Wildman–Crippen MR) is 133 cm³/mol. The van der Waals surface area contributed by atoms with Crippen LogP contribution in [-0.4, -0.2) is 38.3 Å². The van der Waals surface area contributed by atoms with Crippen molar-refractivity contribution in [2.24, 2.45) is 0 Å². The molecule has 1 unspecified atom stereocenters. The Bertz CT molecular complexity index is 1110. The van der Waals surface area contributed by atoms with E-state index in [0.29, 0.717) is 18.8 Å². The van der Waals surface area contributed by atoms with E-state index >= 15 is 0 Å². The van der Waals surface area contributed by atoms with E-state index in [9.17, 15) is 13.2 Å². The van der Waals surface area contributed by atoms with E-state index in [0.717, 1.165) is 12.0 Å². The fourth-order valence-electron chi connectivity index (χ4n) is 3.69. The molecular weight excluding hydrogens is 434 g/mol. The number of amides is 1. The van der Waals surface area contributed by atoms with E-state index in [1.165, 1.54) is 22.0 Å². The highest BCUT2D eigenvalue weighted by Gasteiger charge is 2.21. The van der Waals surface area contributed by atoms with Crippen molar-refractivity contribution in [3.05, 3.63) is 96.1 Å². The monoisotopic (exact) mass is 465 g/mol. The second-order valence-electron chi connectivity index (χ2n) is 7.70. The fourth-order valence-corrected chi connectivity index (χ4v) is 5.14. The first-order valence-corrected chi connectivity index (χ1v) is 12.6. The van der Waals surface area contributed by atoms with Gasteiger partial charge in [-0.3, -0.25) is 4.79 Å². The maximum atomic E-state index is 12.6. The van der Waals surface area contributed by atoms with Gasteiger partial charge in [0.15, 0.2) is 0 Å².